The Morgan fingerprint density at radius 3 is 2.89 bits per heavy atom. The quantitative estimate of drug-likeness (QED) is 0.625. The topological polar surface area (TPSA) is 45.0 Å². The number of nitrogens with zero attached hydrogens (tertiary/aromatic N) is 1. The summed E-state index contributed by atoms with van der Waals surface area (Å²) in [4.78, 5) is 0. The van der Waals surface area contributed by atoms with Gasteiger partial charge in [0.1, 0.15) is 5.54 Å². The average Bonchev–Trinajstić information content (AvgIpc) is 2.95. The Morgan fingerprint density at radius 1 is 1.47 bits per heavy atom. The highest BCUT2D eigenvalue weighted by atomic mass is 32.2. The lowest BCUT2D eigenvalue weighted by molar-refractivity contribution is 0.129. The minimum Gasteiger partial charge on any atom is -0.377 e. The molecule has 0 radical (unpaired) electrons. The normalized spacial score (nSPS) is 22.1. The summed E-state index contributed by atoms with van der Waals surface area (Å²) in [5, 5.41) is 12.8. The summed E-state index contributed by atoms with van der Waals surface area (Å²) >= 11 is 1.97. The van der Waals surface area contributed by atoms with Gasteiger partial charge in [0.25, 0.3) is 0 Å². The molecular weight excluding hydrogens is 256 g/mol. The molecule has 19 heavy (non-hydrogen) atoms. The van der Waals surface area contributed by atoms with Gasteiger partial charge < -0.3 is 4.74 Å². The number of nitriles is 1. The number of hydrogen-bond acceptors (Lipinski definition) is 4. The molecule has 2 unspecified atom stereocenters. The van der Waals surface area contributed by atoms with Crippen molar-refractivity contribution in [3.8, 4) is 6.07 Å². The van der Waals surface area contributed by atoms with Crippen LogP contribution in [0.4, 0.5) is 0 Å². The molecule has 0 spiro atoms. The van der Waals surface area contributed by atoms with Crippen molar-refractivity contribution in [2.45, 2.75) is 64.0 Å². The van der Waals surface area contributed by atoms with Gasteiger partial charge in [0.2, 0.25) is 0 Å². The van der Waals surface area contributed by atoms with Gasteiger partial charge in [-0.1, -0.05) is 13.8 Å². The zero-order chi connectivity index (χ0) is 14.0. The largest absolute Gasteiger partial charge is 0.377 e. The number of hydrogen-bond donors (Lipinski definition) is 1. The molecule has 1 aliphatic rings. The van der Waals surface area contributed by atoms with Crippen molar-refractivity contribution in [3.63, 3.8) is 0 Å². The summed E-state index contributed by atoms with van der Waals surface area (Å²) in [7, 11) is 0. The maximum absolute atomic E-state index is 9.39. The summed E-state index contributed by atoms with van der Waals surface area (Å²) in [6.45, 7) is 6.12. The molecule has 110 valence electrons. The predicted molar refractivity (Wildman–Crippen MR) is 82.5 cm³/mol. The van der Waals surface area contributed by atoms with Crippen LogP contribution in [-0.2, 0) is 4.74 Å². The SMILES string of the molecule is CCCNC(C#N)(CC)CCCSCC1CCCO1. The average molecular weight is 284 g/mol. The van der Waals surface area contributed by atoms with Crippen molar-refractivity contribution in [1.82, 2.24) is 5.32 Å². The lowest BCUT2D eigenvalue weighted by Gasteiger charge is -2.26. The Morgan fingerprint density at radius 2 is 2.32 bits per heavy atom. The highest BCUT2D eigenvalue weighted by molar-refractivity contribution is 7.99. The van der Waals surface area contributed by atoms with E-state index in [4.69, 9.17) is 4.74 Å². The minimum absolute atomic E-state index is 0.305. The van der Waals surface area contributed by atoms with Gasteiger partial charge in [-0.15, -0.1) is 0 Å². The maximum Gasteiger partial charge on any atom is 0.106 e. The van der Waals surface area contributed by atoms with Crippen molar-refractivity contribution >= 4 is 11.8 Å². The summed E-state index contributed by atoms with van der Waals surface area (Å²) in [5.41, 5.74) is -0.305. The predicted octanol–water partition coefficient (Wildman–Crippen LogP) is 3.35. The molecule has 0 saturated carbocycles. The molecule has 0 aliphatic carbocycles. The third kappa shape index (κ3) is 6.16. The van der Waals surface area contributed by atoms with Gasteiger partial charge in [0, 0.05) is 12.4 Å². The number of ether oxygens (including phenoxy) is 1. The Kier molecular flexibility index (Phi) is 8.52. The molecule has 0 aromatic carbocycles. The van der Waals surface area contributed by atoms with E-state index in [1.807, 2.05) is 11.8 Å². The fourth-order valence-electron chi connectivity index (χ4n) is 2.40. The van der Waals surface area contributed by atoms with Crippen LogP contribution in [-0.4, -0.2) is 36.3 Å². The second-order valence-electron chi connectivity index (χ2n) is 5.29. The van der Waals surface area contributed by atoms with E-state index in [1.165, 1.54) is 12.8 Å². The third-order valence-corrected chi connectivity index (χ3v) is 4.94. The van der Waals surface area contributed by atoms with Crippen molar-refractivity contribution in [1.29, 1.82) is 5.26 Å². The van der Waals surface area contributed by atoms with Gasteiger partial charge in [-0.25, -0.2) is 0 Å². The minimum atomic E-state index is -0.305. The zero-order valence-corrected chi connectivity index (χ0v) is 13.2. The molecule has 3 nitrogen and oxygen atoms in total. The molecule has 0 aromatic heterocycles. The van der Waals surface area contributed by atoms with E-state index in [2.05, 4.69) is 25.2 Å². The molecule has 1 aliphatic heterocycles. The molecule has 1 fully saturated rings. The standard InChI is InChI=1S/C15H28N2OS/c1-3-9-17-15(4-2,13-16)8-6-11-19-12-14-7-5-10-18-14/h14,17H,3-12H2,1-2H3. The second-order valence-corrected chi connectivity index (χ2v) is 6.44. The Balaban J connectivity index is 2.15. The van der Waals surface area contributed by atoms with Crippen LogP contribution < -0.4 is 5.32 Å². The lowest BCUT2D eigenvalue weighted by atomic mass is 9.92. The Hall–Kier alpha value is -0.240. The van der Waals surface area contributed by atoms with Gasteiger partial charge in [0.15, 0.2) is 0 Å². The highest BCUT2D eigenvalue weighted by Gasteiger charge is 2.26. The first kappa shape index (κ1) is 16.8. The first-order chi connectivity index (χ1) is 9.26. The van der Waals surface area contributed by atoms with Crippen LogP contribution in [0.25, 0.3) is 0 Å². The molecule has 4 heteroatoms. The fraction of sp³-hybridized carbons (Fsp3) is 0.933. The number of nitrogens with one attached hydrogen (secondary N) is 1. The van der Waals surface area contributed by atoms with Crippen molar-refractivity contribution < 1.29 is 4.74 Å². The zero-order valence-electron chi connectivity index (χ0n) is 12.4. The number of rotatable bonds is 10. The molecule has 1 heterocycles. The van der Waals surface area contributed by atoms with Gasteiger partial charge in [-0.2, -0.15) is 17.0 Å². The highest BCUT2D eigenvalue weighted by Crippen LogP contribution is 2.21. The molecular formula is C15H28N2OS. The van der Waals surface area contributed by atoms with E-state index in [1.54, 1.807) is 0 Å². The van der Waals surface area contributed by atoms with E-state index in [9.17, 15) is 5.26 Å². The molecule has 1 rings (SSSR count). The third-order valence-electron chi connectivity index (χ3n) is 3.75. The molecule has 0 aromatic rings. The van der Waals surface area contributed by atoms with Gasteiger partial charge in [-0.05, 0) is 50.8 Å². The maximum atomic E-state index is 9.39. The van der Waals surface area contributed by atoms with E-state index < -0.39 is 0 Å². The molecule has 2 atom stereocenters. The lowest BCUT2D eigenvalue weighted by Crippen LogP contribution is -2.43. The summed E-state index contributed by atoms with van der Waals surface area (Å²) < 4.78 is 5.61. The van der Waals surface area contributed by atoms with Crippen LogP contribution in [0.5, 0.6) is 0 Å². The van der Waals surface area contributed by atoms with E-state index in [0.717, 1.165) is 50.3 Å². The molecule has 0 bridgehead atoms. The fourth-order valence-corrected chi connectivity index (χ4v) is 3.44. The first-order valence-electron chi connectivity index (χ1n) is 7.62. The molecule has 0 amide bonds. The summed E-state index contributed by atoms with van der Waals surface area (Å²) in [6, 6.07) is 2.49. The summed E-state index contributed by atoms with van der Waals surface area (Å²) in [5.74, 6) is 2.26. The van der Waals surface area contributed by atoms with Gasteiger partial charge >= 0.3 is 0 Å². The smallest absolute Gasteiger partial charge is 0.106 e. The van der Waals surface area contributed by atoms with Crippen LogP contribution >= 0.6 is 11.8 Å². The van der Waals surface area contributed by atoms with Crippen LogP contribution in [0.15, 0.2) is 0 Å². The monoisotopic (exact) mass is 284 g/mol. The second kappa shape index (κ2) is 9.63. The number of thioether (sulfide) groups is 1. The van der Waals surface area contributed by atoms with Crippen LogP contribution in [0, 0.1) is 11.3 Å². The van der Waals surface area contributed by atoms with Crippen LogP contribution in [0.2, 0.25) is 0 Å². The van der Waals surface area contributed by atoms with Crippen molar-refractivity contribution in [2.75, 3.05) is 24.7 Å². The van der Waals surface area contributed by atoms with E-state index >= 15 is 0 Å². The Bertz CT molecular complexity index is 274. The Labute approximate surface area is 122 Å². The van der Waals surface area contributed by atoms with E-state index in [-0.39, 0.29) is 5.54 Å². The molecule has 1 saturated heterocycles. The van der Waals surface area contributed by atoms with E-state index in [0.29, 0.717) is 6.10 Å². The first-order valence-corrected chi connectivity index (χ1v) is 8.77. The molecule has 1 N–H and O–H groups in total. The van der Waals surface area contributed by atoms with Crippen molar-refractivity contribution in [3.05, 3.63) is 0 Å². The van der Waals surface area contributed by atoms with Crippen LogP contribution in [0.3, 0.4) is 0 Å². The van der Waals surface area contributed by atoms with Crippen molar-refractivity contribution in [2.24, 2.45) is 0 Å². The van der Waals surface area contributed by atoms with Gasteiger partial charge in [-0.3, -0.25) is 5.32 Å². The van der Waals surface area contributed by atoms with Gasteiger partial charge in [0.05, 0.1) is 12.2 Å². The summed E-state index contributed by atoms with van der Waals surface area (Å²) in [6.07, 6.45) is 6.96. The van der Waals surface area contributed by atoms with Crippen LogP contribution in [0.1, 0.15) is 52.4 Å².